The van der Waals surface area contributed by atoms with Gasteiger partial charge in [0.1, 0.15) is 0 Å². The van der Waals surface area contributed by atoms with Crippen molar-refractivity contribution >= 4 is 125 Å². The summed E-state index contributed by atoms with van der Waals surface area (Å²) in [7, 11) is 0. The van der Waals surface area contributed by atoms with Gasteiger partial charge in [-0.15, -0.1) is 11.3 Å². The first-order chi connectivity index (χ1) is 48.6. The van der Waals surface area contributed by atoms with E-state index in [1.54, 1.807) is 0 Å². The number of anilines is 3. The summed E-state index contributed by atoms with van der Waals surface area (Å²) in [5.74, 6) is 0. The quantitative estimate of drug-likeness (QED) is 0.127. The van der Waals surface area contributed by atoms with E-state index >= 15 is 0 Å². The number of rotatable bonds is 11. The molecule has 0 aliphatic rings. The smallest absolute Gasteiger partial charge is 0.0795 e. The molecule has 0 saturated heterocycles. The van der Waals surface area contributed by atoms with Crippen LogP contribution in [-0.2, 0) is 0 Å². The lowest BCUT2D eigenvalue weighted by Crippen LogP contribution is -2.10. The molecule has 458 valence electrons. The van der Waals surface area contributed by atoms with Crippen molar-refractivity contribution in [2.24, 2.45) is 0 Å². The number of thiophene rings is 1. The van der Waals surface area contributed by atoms with Gasteiger partial charge in [0.15, 0.2) is 0 Å². The van der Waals surface area contributed by atoms with Crippen molar-refractivity contribution in [1.82, 2.24) is 18.3 Å². The van der Waals surface area contributed by atoms with Crippen LogP contribution in [0.25, 0.3) is 164 Å². The van der Waals surface area contributed by atoms with E-state index in [9.17, 15) is 0 Å². The van der Waals surface area contributed by atoms with E-state index < -0.39 is 0 Å². The Morgan fingerprint density at radius 1 is 0.235 bits per heavy atom. The standard InChI is InChI=1S/C92H59N5S/c1-6-24-61(25-7-1)84-57-66-49-53-78-76-36-16-19-41-82(76)97(90(78)88(66)95(84)69-30-12-4-13-31-69)73-35-22-34-72(59-73)93(68-28-10-3-11-29-68)74-52-48-63-54-65(45-44-64(63)55-74)81-56-67-58-85(62-26-8-2-9-27-62)96(70-32-14-5-15-33-70)89(67)91-87(81)80-38-17-20-42-83(80)94(91)71-50-46-60(47-51-71)75-39-23-40-79-77-37-18-21-43-86(77)98-92(75)79/h1-59H. The minimum atomic E-state index is 1.05. The van der Waals surface area contributed by atoms with Gasteiger partial charge in [-0.05, 0) is 165 Å². The van der Waals surface area contributed by atoms with Gasteiger partial charge in [0, 0.05) is 92.3 Å². The fourth-order valence-electron chi connectivity index (χ4n) is 15.8. The molecule has 5 aromatic heterocycles. The predicted octanol–water partition coefficient (Wildman–Crippen LogP) is 25.4. The minimum absolute atomic E-state index is 1.05. The van der Waals surface area contributed by atoms with Crippen LogP contribution in [0.1, 0.15) is 0 Å². The van der Waals surface area contributed by atoms with Crippen LogP contribution in [0.4, 0.5) is 17.1 Å². The van der Waals surface area contributed by atoms with Crippen LogP contribution in [0.5, 0.6) is 0 Å². The average molecular weight is 1270 g/mol. The molecule has 0 unspecified atom stereocenters. The molecule has 5 heterocycles. The van der Waals surface area contributed by atoms with Gasteiger partial charge in [0.2, 0.25) is 0 Å². The second-order valence-corrected chi connectivity index (χ2v) is 26.6. The molecule has 0 aliphatic heterocycles. The monoisotopic (exact) mass is 1270 g/mol. The van der Waals surface area contributed by atoms with Gasteiger partial charge in [0.25, 0.3) is 0 Å². The highest BCUT2D eigenvalue weighted by atomic mass is 32.1. The Morgan fingerprint density at radius 3 is 1.45 bits per heavy atom. The summed E-state index contributed by atoms with van der Waals surface area (Å²) < 4.78 is 12.6. The molecule has 0 radical (unpaired) electrons. The van der Waals surface area contributed by atoms with E-state index in [4.69, 9.17) is 0 Å². The lowest BCUT2D eigenvalue weighted by Gasteiger charge is -2.26. The number of para-hydroxylation sites is 5. The summed E-state index contributed by atoms with van der Waals surface area (Å²) in [6.45, 7) is 0. The molecule has 0 aliphatic carbocycles. The summed E-state index contributed by atoms with van der Waals surface area (Å²) in [5, 5.41) is 12.1. The number of benzene rings is 15. The number of fused-ring (bicyclic) bond motifs is 14. The molecule has 15 aromatic carbocycles. The topological polar surface area (TPSA) is 23.0 Å². The molecule has 0 fully saturated rings. The fraction of sp³-hybridized carbons (Fsp3) is 0. The molecule has 0 atom stereocenters. The van der Waals surface area contributed by atoms with Gasteiger partial charge >= 0.3 is 0 Å². The highest BCUT2D eigenvalue weighted by Gasteiger charge is 2.27. The number of hydrogen-bond donors (Lipinski definition) is 0. The van der Waals surface area contributed by atoms with Gasteiger partial charge in [-0.3, -0.25) is 0 Å². The van der Waals surface area contributed by atoms with Crippen LogP contribution in [0.3, 0.4) is 0 Å². The van der Waals surface area contributed by atoms with Crippen molar-refractivity contribution in [2.45, 2.75) is 0 Å². The molecule has 98 heavy (non-hydrogen) atoms. The van der Waals surface area contributed by atoms with E-state index in [0.29, 0.717) is 0 Å². The average Bonchev–Trinajstić information content (AvgIpc) is 1.56. The third-order valence-corrected chi connectivity index (χ3v) is 21.3. The first-order valence-corrected chi connectivity index (χ1v) is 34.4. The van der Waals surface area contributed by atoms with Crippen molar-refractivity contribution in [3.05, 3.63) is 358 Å². The predicted molar refractivity (Wildman–Crippen MR) is 416 cm³/mol. The summed E-state index contributed by atoms with van der Waals surface area (Å²) in [6, 6.07) is 132. The molecule has 20 aromatic rings. The van der Waals surface area contributed by atoms with Gasteiger partial charge in [0.05, 0.1) is 44.5 Å². The summed E-state index contributed by atoms with van der Waals surface area (Å²) >= 11 is 1.88. The number of aromatic nitrogens is 4. The van der Waals surface area contributed by atoms with E-state index in [-0.39, 0.29) is 0 Å². The van der Waals surface area contributed by atoms with Crippen LogP contribution < -0.4 is 4.90 Å². The molecule has 0 bridgehead atoms. The first kappa shape index (κ1) is 55.7. The Kier molecular flexibility index (Phi) is 12.8. The largest absolute Gasteiger partial charge is 0.310 e. The molecular formula is C92H59N5S. The summed E-state index contributed by atoms with van der Waals surface area (Å²) in [5.41, 5.74) is 24.0. The zero-order chi connectivity index (χ0) is 64.4. The van der Waals surface area contributed by atoms with Crippen LogP contribution in [0, 0.1) is 0 Å². The van der Waals surface area contributed by atoms with Crippen LogP contribution in [0.2, 0.25) is 0 Å². The van der Waals surface area contributed by atoms with E-state index in [1.807, 2.05) is 11.3 Å². The zero-order valence-corrected chi connectivity index (χ0v) is 54.0. The Bertz CT molecular complexity index is 6520. The van der Waals surface area contributed by atoms with E-state index in [0.717, 1.165) is 106 Å². The second kappa shape index (κ2) is 22.5. The van der Waals surface area contributed by atoms with Gasteiger partial charge in [-0.2, -0.15) is 0 Å². The van der Waals surface area contributed by atoms with Crippen LogP contribution in [0.15, 0.2) is 358 Å². The first-order valence-electron chi connectivity index (χ1n) is 33.6. The van der Waals surface area contributed by atoms with Gasteiger partial charge in [-0.25, -0.2) is 0 Å². The molecule has 0 amide bonds. The zero-order valence-electron chi connectivity index (χ0n) is 53.2. The number of nitrogens with zero attached hydrogens (tertiary/aromatic N) is 5. The molecule has 0 N–H and O–H groups in total. The third-order valence-electron chi connectivity index (χ3n) is 20.1. The maximum absolute atomic E-state index is 2.53. The third kappa shape index (κ3) is 8.78. The molecule has 6 heteroatoms. The summed E-state index contributed by atoms with van der Waals surface area (Å²) in [6.07, 6.45) is 0. The van der Waals surface area contributed by atoms with Gasteiger partial charge < -0.3 is 23.2 Å². The Labute approximate surface area is 569 Å². The summed E-state index contributed by atoms with van der Waals surface area (Å²) in [4.78, 5) is 2.41. The number of hydrogen-bond acceptors (Lipinski definition) is 2. The highest BCUT2D eigenvalue weighted by Crippen LogP contribution is 2.49. The Morgan fingerprint density at radius 2 is 0.735 bits per heavy atom. The molecule has 20 rings (SSSR count). The lowest BCUT2D eigenvalue weighted by molar-refractivity contribution is 1.12. The maximum Gasteiger partial charge on any atom is 0.0795 e. The van der Waals surface area contributed by atoms with Crippen molar-refractivity contribution < 1.29 is 0 Å². The second-order valence-electron chi connectivity index (χ2n) is 25.6. The SMILES string of the molecule is c1ccc(-c2cc3ccc4c5ccccc5n(-c5cccc(N(c6ccccc6)c6ccc7cc(-c8cc9cc(-c%10ccccc%10)n(-c%10ccccc%10)c9c9c8c8ccccc8n9-c8ccc(-c9cccc%10c9sc9ccccc9%10)cc8)ccc7c6)c5)c4c3n2-c2ccccc2)cc1. The molecule has 0 spiro atoms. The Balaban J connectivity index is 0.759. The molecular weight excluding hydrogens is 1210 g/mol. The van der Waals surface area contributed by atoms with Crippen LogP contribution >= 0.6 is 11.3 Å². The van der Waals surface area contributed by atoms with E-state index in [1.165, 1.54) is 74.9 Å². The van der Waals surface area contributed by atoms with Crippen LogP contribution in [-0.4, -0.2) is 18.3 Å². The van der Waals surface area contributed by atoms with Crippen molar-refractivity contribution in [3.63, 3.8) is 0 Å². The Hall–Kier alpha value is -12.7. The molecule has 0 saturated carbocycles. The van der Waals surface area contributed by atoms with Gasteiger partial charge in [-0.1, -0.05) is 237 Å². The highest BCUT2D eigenvalue weighted by molar-refractivity contribution is 7.26. The normalized spacial score (nSPS) is 11.9. The van der Waals surface area contributed by atoms with Crippen molar-refractivity contribution in [3.8, 4) is 67.5 Å². The lowest BCUT2D eigenvalue weighted by atomic mass is 9.95. The maximum atomic E-state index is 2.53. The molecule has 5 nitrogen and oxygen atoms in total. The van der Waals surface area contributed by atoms with Crippen molar-refractivity contribution in [2.75, 3.05) is 4.90 Å². The van der Waals surface area contributed by atoms with E-state index in [2.05, 4.69) is 381 Å². The van der Waals surface area contributed by atoms with Crippen molar-refractivity contribution in [1.29, 1.82) is 0 Å². The fourth-order valence-corrected chi connectivity index (χ4v) is 17.0. The minimum Gasteiger partial charge on any atom is -0.310 e.